The van der Waals surface area contributed by atoms with Gasteiger partial charge in [0.1, 0.15) is 7.11 Å². The fourth-order valence-electron chi connectivity index (χ4n) is 0.922. The van der Waals surface area contributed by atoms with E-state index in [0.29, 0.717) is 4.09 Å². The predicted octanol–water partition coefficient (Wildman–Crippen LogP) is -1.90. The molecule has 1 aromatic rings. The third kappa shape index (κ3) is 2.69. The molecule has 0 aromatic carbocycles. The Hall–Kier alpha value is -2.17. The van der Waals surface area contributed by atoms with Gasteiger partial charge in [0.05, 0.1) is 6.26 Å². The van der Waals surface area contributed by atoms with Gasteiger partial charge >= 0.3 is 5.97 Å². The first-order valence-corrected chi connectivity index (χ1v) is 5.90. The number of nitrogen functional groups attached to an aromatic ring is 1. The molecule has 0 spiro atoms. The van der Waals surface area contributed by atoms with Crippen LogP contribution >= 0.6 is 0 Å². The number of carboxylic acids is 1. The van der Waals surface area contributed by atoms with E-state index >= 15 is 0 Å². The molecule has 1 aromatic heterocycles. The molecule has 11 heteroatoms. The van der Waals surface area contributed by atoms with Gasteiger partial charge in [0.15, 0.2) is 0 Å². The lowest BCUT2D eigenvalue weighted by Crippen LogP contribution is -2.18. The predicted molar refractivity (Wildman–Crippen MR) is 55.9 cm³/mol. The number of carbonyl (C=O) groups is 1. The molecule has 0 fully saturated rings. The van der Waals surface area contributed by atoms with Crippen LogP contribution in [-0.2, 0) is 19.7 Å². The minimum Gasteiger partial charge on any atom is -0.476 e. The molecule has 0 unspecified atom stereocenters. The van der Waals surface area contributed by atoms with E-state index in [0.717, 1.165) is 13.4 Å². The first kappa shape index (κ1) is 12.9. The molecule has 0 aliphatic rings. The van der Waals surface area contributed by atoms with Gasteiger partial charge in [0.25, 0.3) is 10.0 Å². The van der Waals surface area contributed by atoms with Gasteiger partial charge in [-0.15, -0.1) is 9.19 Å². The Bertz CT molecular complexity index is 574. The topological polar surface area (TPSA) is 150 Å². The number of hydrogen-bond donors (Lipinski definition) is 2. The maximum Gasteiger partial charge on any atom is 0.362 e. The van der Waals surface area contributed by atoms with Gasteiger partial charge < -0.3 is 15.7 Å². The zero-order valence-electron chi connectivity index (χ0n) is 8.85. The van der Waals surface area contributed by atoms with Crippen LogP contribution in [0.4, 0.5) is 5.95 Å². The van der Waals surface area contributed by atoms with Crippen molar-refractivity contribution in [3.8, 4) is 0 Å². The SMILES string of the molecule is CO/N=C(\C(=O)O)c1nc(N)n(S(C)(=O)=O)n1. The van der Waals surface area contributed by atoms with Crippen molar-refractivity contribution in [3.05, 3.63) is 5.82 Å². The largest absolute Gasteiger partial charge is 0.476 e. The molecule has 0 aliphatic heterocycles. The second kappa shape index (κ2) is 4.37. The zero-order valence-corrected chi connectivity index (χ0v) is 9.67. The van der Waals surface area contributed by atoms with Crippen LogP contribution in [0.1, 0.15) is 5.82 Å². The Balaban J connectivity index is 3.35. The summed E-state index contributed by atoms with van der Waals surface area (Å²) in [5.41, 5.74) is 4.63. The molecule has 0 radical (unpaired) electrons. The van der Waals surface area contributed by atoms with Crippen LogP contribution in [0.3, 0.4) is 0 Å². The zero-order chi connectivity index (χ0) is 13.2. The van der Waals surface area contributed by atoms with Crippen LogP contribution in [0.5, 0.6) is 0 Å². The Kier molecular flexibility index (Phi) is 3.31. The summed E-state index contributed by atoms with van der Waals surface area (Å²) in [6.07, 6.45) is 0.843. The van der Waals surface area contributed by atoms with Crippen molar-refractivity contribution in [1.29, 1.82) is 0 Å². The van der Waals surface area contributed by atoms with Gasteiger partial charge in [0, 0.05) is 0 Å². The summed E-state index contributed by atoms with van der Waals surface area (Å²) in [7, 11) is -2.63. The van der Waals surface area contributed by atoms with Gasteiger partial charge in [-0.05, 0) is 0 Å². The molecule has 0 bridgehead atoms. The molecular weight excluding hydrogens is 254 g/mol. The van der Waals surface area contributed by atoms with E-state index in [4.69, 9.17) is 10.8 Å². The molecule has 0 saturated carbocycles. The third-order valence-corrected chi connectivity index (χ3v) is 2.41. The summed E-state index contributed by atoms with van der Waals surface area (Å²) in [5, 5.41) is 15.4. The molecule has 10 nitrogen and oxygen atoms in total. The summed E-state index contributed by atoms with van der Waals surface area (Å²) < 4.78 is 22.8. The van der Waals surface area contributed by atoms with Crippen LogP contribution in [-0.4, -0.2) is 52.7 Å². The molecule has 0 saturated heterocycles. The Morgan fingerprint density at radius 1 is 1.59 bits per heavy atom. The fraction of sp³-hybridized carbons (Fsp3) is 0.333. The van der Waals surface area contributed by atoms with Crippen molar-refractivity contribution < 1.29 is 23.2 Å². The van der Waals surface area contributed by atoms with Crippen LogP contribution in [0.15, 0.2) is 5.16 Å². The van der Waals surface area contributed by atoms with E-state index in [1.807, 2.05) is 0 Å². The number of carboxylic acid groups (broad SMARTS) is 1. The molecular formula is C6H9N5O5S. The highest BCUT2D eigenvalue weighted by molar-refractivity contribution is 7.89. The maximum absolute atomic E-state index is 11.2. The van der Waals surface area contributed by atoms with E-state index in [2.05, 4.69) is 20.1 Å². The second-order valence-electron chi connectivity index (χ2n) is 2.83. The lowest BCUT2D eigenvalue weighted by molar-refractivity contribution is -0.129. The summed E-state index contributed by atoms with van der Waals surface area (Å²) in [6, 6.07) is 0. The lowest BCUT2D eigenvalue weighted by atomic mass is 10.4. The summed E-state index contributed by atoms with van der Waals surface area (Å²) in [4.78, 5) is 18.5. The molecule has 1 heterocycles. The number of nitrogens with two attached hydrogens (primary N) is 1. The van der Waals surface area contributed by atoms with Crippen molar-refractivity contribution in [2.75, 3.05) is 19.1 Å². The van der Waals surface area contributed by atoms with Crippen molar-refractivity contribution in [2.45, 2.75) is 0 Å². The van der Waals surface area contributed by atoms with E-state index in [9.17, 15) is 13.2 Å². The van der Waals surface area contributed by atoms with Crippen molar-refractivity contribution in [3.63, 3.8) is 0 Å². The van der Waals surface area contributed by atoms with E-state index < -0.39 is 33.5 Å². The van der Waals surface area contributed by atoms with E-state index in [1.54, 1.807) is 0 Å². The number of aromatic nitrogens is 3. The Morgan fingerprint density at radius 2 is 2.18 bits per heavy atom. The van der Waals surface area contributed by atoms with E-state index in [1.165, 1.54) is 0 Å². The fourth-order valence-corrected chi connectivity index (χ4v) is 1.53. The van der Waals surface area contributed by atoms with Crippen LogP contribution < -0.4 is 5.73 Å². The molecule has 3 N–H and O–H groups in total. The summed E-state index contributed by atoms with van der Waals surface area (Å²) in [6.45, 7) is 0. The average molecular weight is 263 g/mol. The molecule has 94 valence electrons. The molecule has 1 rings (SSSR count). The highest BCUT2D eigenvalue weighted by atomic mass is 32.2. The van der Waals surface area contributed by atoms with Crippen molar-refractivity contribution in [1.82, 2.24) is 14.2 Å². The van der Waals surface area contributed by atoms with Crippen molar-refractivity contribution >= 4 is 27.7 Å². The first-order valence-electron chi connectivity index (χ1n) is 4.05. The second-order valence-corrected chi connectivity index (χ2v) is 4.64. The number of rotatable bonds is 4. The highest BCUT2D eigenvalue weighted by Gasteiger charge is 2.23. The Labute approximate surface area is 95.7 Å². The molecule has 17 heavy (non-hydrogen) atoms. The molecule has 0 amide bonds. The molecule has 0 atom stereocenters. The van der Waals surface area contributed by atoms with Crippen molar-refractivity contribution in [2.24, 2.45) is 5.16 Å². The molecule has 0 aliphatic carbocycles. The number of hydrogen-bond acceptors (Lipinski definition) is 8. The van der Waals surface area contributed by atoms with Crippen LogP contribution in [0.2, 0.25) is 0 Å². The summed E-state index contributed by atoms with van der Waals surface area (Å²) in [5.74, 6) is -2.40. The normalized spacial score (nSPS) is 12.5. The maximum atomic E-state index is 11.2. The van der Waals surface area contributed by atoms with Crippen LogP contribution in [0.25, 0.3) is 0 Å². The van der Waals surface area contributed by atoms with Gasteiger partial charge in [0.2, 0.25) is 17.5 Å². The first-order chi connectivity index (χ1) is 7.77. The minimum atomic E-state index is -3.76. The monoisotopic (exact) mass is 263 g/mol. The summed E-state index contributed by atoms with van der Waals surface area (Å²) >= 11 is 0. The van der Waals surface area contributed by atoms with Gasteiger partial charge in [-0.25, -0.2) is 13.2 Å². The number of anilines is 1. The average Bonchev–Trinajstić information content (AvgIpc) is 2.55. The quantitative estimate of drug-likeness (QED) is 0.472. The number of aliphatic carboxylic acids is 1. The Morgan fingerprint density at radius 3 is 2.53 bits per heavy atom. The minimum absolute atomic E-state index is 0.399. The van der Waals surface area contributed by atoms with E-state index in [-0.39, 0.29) is 0 Å². The highest BCUT2D eigenvalue weighted by Crippen LogP contribution is 2.05. The smallest absolute Gasteiger partial charge is 0.362 e. The standard InChI is InChI=1S/C6H9N5O5S/c1-16-10-3(5(12)13)4-8-6(7)11(9-4)17(2,14)15/h1-2H3,(H,12,13)(H2,7,8,9)/b10-3-. The third-order valence-electron chi connectivity index (χ3n) is 1.51. The number of oxime groups is 1. The van der Waals surface area contributed by atoms with Gasteiger partial charge in [-0.3, -0.25) is 0 Å². The van der Waals surface area contributed by atoms with Gasteiger partial charge in [-0.2, -0.15) is 4.98 Å². The van der Waals surface area contributed by atoms with Crippen LogP contribution in [0, 0.1) is 0 Å². The number of nitrogens with zero attached hydrogens (tertiary/aromatic N) is 4. The van der Waals surface area contributed by atoms with Gasteiger partial charge in [-0.1, -0.05) is 5.16 Å². The lowest BCUT2D eigenvalue weighted by Gasteiger charge is -1.96.